The van der Waals surface area contributed by atoms with Crippen LogP contribution in [0.5, 0.6) is 5.75 Å². The summed E-state index contributed by atoms with van der Waals surface area (Å²) >= 11 is 1.44. The lowest BCUT2D eigenvalue weighted by Crippen LogP contribution is -2.37. The van der Waals surface area contributed by atoms with E-state index in [1.54, 1.807) is 7.11 Å². The predicted molar refractivity (Wildman–Crippen MR) is 111 cm³/mol. The molecule has 5 heteroatoms. The summed E-state index contributed by atoms with van der Waals surface area (Å²) < 4.78 is 5.28. The molecule has 4 nitrogen and oxygen atoms in total. The zero-order valence-electron chi connectivity index (χ0n) is 16.0. The normalized spacial score (nSPS) is 12.4. The Labute approximate surface area is 164 Å². The second kappa shape index (κ2) is 7.92. The van der Waals surface area contributed by atoms with Gasteiger partial charge in [0, 0.05) is 11.3 Å². The standard InChI is InChI=1S/C22H24N2O2S/c1-15-14-27-21(23-15)24-20(25)22(2,3)19(16-8-6-5-7-9-16)17-10-12-18(26-4)13-11-17/h5-14,19H,1-4H3,(H,23,24,25)/t19-/m1/s1. The molecule has 0 aliphatic rings. The van der Waals surface area contributed by atoms with Crippen molar-refractivity contribution in [2.45, 2.75) is 26.7 Å². The number of thiazole rings is 1. The first-order chi connectivity index (χ1) is 12.9. The highest BCUT2D eigenvalue weighted by Crippen LogP contribution is 2.42. The second-order valence-corrected chi connectivity index (χ2v) is 7.94. The number of benzene rings is 2. The molecule has 2 aromatic carbocycles. The summed E-state index contributed by atoms with van der Waals surface area (Å²) in [7, 11) is 1.65. The Balaban J connectivity index is 1.98. The van der Waals surface area contributed by atoms with E-state index in [-0.39, 0.29) is 11.8 Å². The summed E-state index contributed by atoms with van der Waals surface area (Å²) in [6.07, 6.45) is 0. The van der Waals surface area contributed by atoms with Crippen LogP contribution in [0.1, 0.15) is 36.6 Å². The molecule has 0 aliphatic heterocycles. The number of aryl methyl sites for hydroxylation is 1. The maximum absolute atomic E-state index is 13.2. The van der Waals surface area contributed by atoms with Crippen LogP contribution >= 0.6 is 11.3 Å². The lowest BCUT2D eigenvalue weighted by molar-refractivity contribution is -0.124. The van der Waals surface area contributed by atoms with Gasteiger partial charge in [-0.15, -0.1) is 11.3 Å². The first-order valence-corrected chi connectivity index (χ1v) is 9.72. The minimum absolute atomic E-state index is 0.0541. The fourth-order valence-electron chi connectivity index (χ4n) is 3.27. The molecule has 0 bridgehead atoms. The van der Waals surface area contributed by atoms with Crippen LogP contribution in [0.15, 0.2) is 60.0 Å². The first-order valence-electron chi connectivity index (χ1n) is 8.84. The number of hydrogen-bond acceptors (Lipinski definition) is 4. The van der Waals surface area contributed by atoms with Crippen molar-refractivity contribution in [2.75, 3.05) is 12.4 Å². The highest BCUT2D eigenvalue weighted by Gasteiger charge is 2.39. The molecular weight excluding hydrogens is 356 g/mol. The Bertz CT molecular complexity index is 902. The van der Waals surface area contributed by atoms with E-state index in [9.17, 15) is 4.79 Å². The SMILES string of the molecule is COc1ccc([C@@H](c2ccccc2)C(C)(C)C(=O)Nc2nc(C)cs2)cc1. The molecule has 0 fully saturated rings. The van der Waals surface area contributed by atoms with Crippen molar-refractivity contribution in [2.24, 2.45) is 5.41 Å². The molecule has 1 atom stereocenters. The summed E-state index contributed by atoms with van der Waals surface area (Å²) in [5, 5.41) is 5.55. The van der Waals surface area contributed by atoms with E-state index < -0.39 is 5.41 Å². The fraction of sp³-hybridized carbons (Fsp3) is 0.273. The van der Waals surface area contributed by atoms with Gasteiger partial charge in [0.15, 0.2) is 5.13 Å². The minimum atomic E-state index is -0.685. The van der Waals surface area contributed by atoms with Crippen LogP contribution in [0.4, 0.5) is 5.13 Å². The largest absolute Gasteiger partial charge is 0.497 e. The van der Waals surface area contributed by atoms with Crippen molar-refractivity contribution < 1.29 is 9.53 Å². The molecule has 3 aromatic rings. The average Bonchev–Trinajstić information content (AvgIpc) is 3.08. The third-order valence-electron chi connectivity index (χ3n) is 4.73. The first kappa shape index (κ1) is 19.1. The van der Waals surface area contributed by atoms with Crippen LogP contribution in [0.3, 0.4) is 0 Å². The maximum atomic E-state index is 13.2. The summed E-state index contributed by atoms with van der Waals surface area (Å²) in [5.74, 6) is 0.637. The fourth-order valence-corrected chi connectivity index (χ4v) is 3.95. The van der Waals surface area contributed by atoms with Gasteiger partial charge in [-0.05, 0) is 30.2 Å². The molecule has 0 spiro atoms. The molecule has 0 aliphatic carbocycles. The number of hydrogen-bond donors (Lipinski definition) is 1. The molecule has 3 rings (SSSR count). The van der Waals surface area contributed by atoms with Crippen LogP contribution in [-0.4, -0.2) is 18.0 Å². The number of ether oxygens (including phenoxy) is 1. The molecule has 1 amide bonds. The van der Waals surface area contributed by atoms with E-state index in [1.165, 1.54) is 11.3 Å². The van der Waals surface area contributed by atoms with E-state index in [0.717, 1.165) is 22.6 Å². The van der Waals surface area contributed by atoms with Crippen LogP contribution in [0.2, 0.25) is 0 Å². The number of rotatable bonds is 6. The quantitative estimate of drug-likeness (QED) is 0.635. The van der Waals surface area contributed by atoms with E-state index in [1.807, 2.05) is 68.6 Å². The Morgan fingerprint density at radius 3 is 2.26 bits per heavy atom. The summed E-state index contributed by atoms with van der Waals surface area (Å²) in [4.78, 5) is 17.5. The van der Waals surface area contributed by atoms with E-state index in [0.29, 0.717) is 5.13 Å². The van der Waals surface area contributed by atoms with Gasteiger partial charge in [-0.25, -0.2) is 4.98 Å². The highest BCUT2D eigenvalue weighted by molar-refractivity contribution is 7.13. The molecule has 0 unspecified atom stereocenters. The molecule has 1 heterocycles. The third-order valence-corrected chi connectivity index (χ3v) is 5.60. The molecule has 0 radical (unpaired) electrons. The predicted octanol–water partition coefficient (Wildman–Crippen LogP) is 5.26. The minimum Gasteiger partial charge on any atom is -0.497 e. The number of methoxy groups -OCH3 is 1. The van der Waals surface area contributed by atoms with Crippen molar-refractivity contribution >= 4 is 22.4 Å². The van der Waals surface area contributed by atoms with Crippen molar-refractivity contribution in [3.05, 3.63) is 76.8 Å². The zero-order chi connectivity index (χ0) is 19.4. The monoisotopic (exact) mass is 380 g/mol. The molecule has 27 heavy (non-hydrogen) atoms. The molecular formula is C22H24N2O2S. The van der Waals surface area contributed by atoms with Crippen molar-refractivity contribution in [3.8, 4) is 5.75 Å². The van der Waals surface area contributed by atoms with Crippen LogP contribution in [0, 0.1) is 12.3 Å². The van der Waals surface area contributed by atoms with Crippen molar-refractivity contribution in [3.63, 3.8) is 0 Å². The van der Waals surface area contributed by atoms with Crippen LogP contribution in [-0.2, 0) is 4.79 Å². The number of carbonyl (C=O) groups excluding carboxylic acids is 1. The number of aromatic nitrogens is 1. The second-order valence-electron chi connectivity index (χ2n) is 7.09. The molecule has 0 saturated heterocycles. The van der Waals surface area contributed by atoms with Gasteiger partial charge in [-0.3, -0.25) is 4.79 Å². The van der Waals surface area contributed by atoms with Crippen LogP contribution < -0.4 is 10.1 Å². The van der Waals surface area contributed by atoms with E-state index in [4.69, 9.17) is 4.74 Å². The number of nitrogens with one attached hydrogen (secondary N) is 1. The van der Waals surface area contributed by atoms with E-state index >= 15 is 0 Å². The molecule has 140 valence electrons. The van der Waals surface area contributed by atoms with Gasteiger partial charge < -0.3 is 10.1 Å². The zero-order valence-corrected chi connectivity index (χ0v) is 16.8. The number of carbonyl (C=O) groups is 1. The summed E-state index contributed by atoms with van der Waals surface area (Å²) in [5.41, 5.74) is 2.38. The topological polar surface area (TPSA) is 51.2 Å². The van der Waals surface area contributed by atoms with Gasteiger partial charge in [-0.1, -0.05) is 56.3 Å². The third kappa shape index (κ3) is 4.19. The Morgan fingerprint density at radius 1 is 1.07 bits per heavy atom. The van der Waals surface area contributed by atoms with Gasteiger partial charge in [0.05, 0.1) is 18.2 Å². The molecule has 1 aromatic heterocycles. The maximum Gasteiger partial charge on any atom is 0.232 e. The van der Waals surface area contributed by atoms with Gasteiger partial charge in [0.1, 0.15) is 5.75 Å². The number of anilines is 1. The van der Waals surface area contributed by atoms with Crippen LogP contribution in [0.25, 0.3) is 0 Å². The highest BCUT2D eigenvalue weighted by atomic mass is 32.1. The Kier molecular flexibility index (Phi) is 5.61. The van der Waals surface area contributed by atoms with Crippen molar-refractivity contribution in [1.29, 1.82) is 0 Å². The number of amides is 1. The van der Waals surface area contributed by atoms with Gasteiger partial charge in [0.2, 0.25) is 5.91 Å². The lowest BCUT2D eigenvalue weighted by atomic mass is 9.70. The van der Waals surface area contributed by atoms with Gasteiger partial charge in [0.25, 0.3) is 0 Å². The number of nitrogens with zero attached hydrogens (tertiary/aromatic N) is 1. The van der Waals surface area contributed by atoms with Crippen molar-refractivity contribution in [1.82, 2.24) is 4.98 Å². The molecule has 0 saturated carbocycles. The summed E-state index contributed by atoms with van der Waals surface area (Å²) in [6.45, 7) is 5.87. The lowest BCUT2D eigenvalue weighted by Gasteiger charge is -2.33. The smallest absolute Gasteiger partial charge is 0.232 e. The van der Waals surface area contributed by atoms with Gasteiger partial charge >= 0.3 is 0 Å². The molecule has 1 N–H and O–H groups in total. The average molecular weight is 381 g/mol. The summed E-state index contributed by atoms with van der Waals surface area (Å²) in [6, 6.07) is 18.0. The Hall–Kier alpha value is -2.66. The van der Waals surface area contributed by atoms with E-state index in [2.05, 4.69) is 22.4 Å². The van der Waals surface area contributed by atoms with Gasteiger partial charge in [-0.2, -0.15) is 0 Å². The Morgan fingerprint density at radius 2 is 1.70 bits per heavy atom.